The number of carboxylic acids is 1. The number of aryl methyl sites for hydroxylation is 2. The molecule has 0 fully saturated rings. The lowest BCUT2D eigenvalue weighted by atomic mass is 10.1. The van der Waals surface area contributed by atoms with E-state index in [2.05, 4.69) is 10.2 Å². The van der Waals surface area contributed by atoms with Crippen LogP contribution in [0.2, 0.25) is 0 Å². The first-order chi connectivity index (χ1) is 10.8. The maximum Gasteiger partial charge on any atom is 0.308 e. The second-order valence-electron chi connectivity index (χ2n) is 5.57. The van der Waals surface area contributed by atoms with E-state index in [4.69, 9.17) is 5.11 Å². The van der Waals surface area contributed by atoms with Crippen LogP contribution in [0.25, 0.3) is 11.3 Å². The molecule has 0 aromatic carbocycles. The predicted molar refractivity (Wildman–Crippen MR) is 83.9 cm³/mol. The Labute approximate surface area is 134 Å². The summed E-state index contributed by atoms with van der Waals surface area (Å²) in [5, 5.41) is 17.5. The van der Waals surface area contributed by atoms with Gasteiger partial charge in [0, 0.05) is 45.1 Å². The molecule has 124 valence electrons. The SMILES string of the molecule is CCn1cc(-c2nn(C)cc2C(=O)N(C)CC(C)C(=O)O)cn1. The van der Waals surface area contributed by atoms with Crippen LogP contribution >= 0.6 is 0 Å². The fourth-order valence-corrected chi connectivity index (χ4v) is 2.29. The molecule has 2 heterocycles. The van der Waals surface area contributed by atoms with E-state index in [1.165, 1.54) is 4.90 Å². The first kappa shape index (κ1) is 16.7. The van der Waals surface area contributed by atoms with Gasteiger partial charge >= 0.3 is 5.97 Å². The molecular formula is C15H21N5O3. The summed E-state index contributed by atoms with van der Waals surface area (Å²) in [4.78, 5) is 25.0. The summed E-state index contributed by atoms with van der Waals surface area (Å²) >= 11 is 0. The van der Waals surface area contributed by atoms with Crippen molar-refractivity contribution in [3.63, 3.8) is 0 Å². The largest absolute Gasteiger partial charge is 0.481 e. The zero-order valence-corrected chi connectivity index (χ0v) is 13.7. The number of hydrogen-bond acceptors (Lipinski definition) is 4. The fourth-order valence-electron chi connectivity index (χ4n) is 2.29. The normalized spacial score (nSPS) is 12.2. The minimum Gasteiger partial charge on any atom is -0.481 e. The van der Waals surface area contributed by atoms with E-state index in [0.29, 0.717) is 11.3 Å². The topological polar surface area (TPSA) is 93.2 Å². The lowest BCUT2D eigenvalue weighted by Crippen LogP contribution is -2.33. The Bertz CT molecular complexity index is 719. The highest BCUT2D eigenvalue weighted by Gasteiger charge is 2.23. The van der Waals surface area contributed by atoms with Gasteiger partial charge in [0.05, 0.1) is 17.7 Å². The molecular weight excluding hydrogens is 298 g/mol. The van der Waals surface area contributed by atoms with Crippen LogP contribution in [0.15, 0.2) is 18.6 Å². The van der Waals surface area contributed by atoms with Gasteiger partial charge in [0.15, 0.2) is 0 Å². The second-order valence-corrected chi connectivity index (χ2v) is 5.57. The molecule has 2 aromatic heterocycles. The fraction of sp³-hybridized carbons (Fsp3) is 0.467. The standard InChI is InChI=1S/C15H21N5O3/c1-5-20-8-11(6-16-20)13-12(9-19(4)17-13)14(21)18(3)7-10(2)15(22)23/h6,8-10H,5,7H2,1-4H3,(H,22,23). The zero-order valence-electron chi connectivity index (χ0n) is 13.7. The van der Waals surface area contributed by atoms with Crippen LogP contribution in [0, 0.1) is 5.92 Å². The number of rotatable bonds is 6. The molecule has 1 N–H and O–H groups in total. The molecule has 0 bridgehead atoms. The third kappa shape index (κ3) is 3.58. The molecule has 0 saturated heterocycles. The third-order valence-electron chi connectivity index (χ3n) is 3.61. The monoisotopic (exact) mass is 319 g/mol. The lowest BCUT2D eigenvalue weighted by Gasteiger charge is -2.19. The minimum atomic E-state index is -0.930. The van der Waals surface area contributed by atoms with Gasteiger partial charge in [0.2, 0.25) is 0 Å². The van der Waals surface area contributed by atoms with Crippen molar-refractivity contribution in [1.29, 1.82) is 0 Å². The van der Waals surface area contributed by atoms with Crippen LogP contribution in [0.3, 0.4) is 0 Å². The third-order valence-corrected chi connectivity index (χ3v) is 3.61. The molecule has 0 radical (unpaired) electrons. The Morgan fingerprint density at radius 1 is 1.39 bits per heavy atom. The van der Waals surface area contributed by atoms with Gasteiger partial charge in [0.1, 0.15) is 5.69 Å². The van der Waals surface area contributed by atoms with Gasteiger partial charge in [-0.05, 0) is 6.92 Å². The summed E-state index contributed by atoms with van der Waals surface area (Å²) in [6.45, 7) is 4.41. The molecule has 1 unspecified atom stereocenters. The first-order valence-corrected chi connectivity index (χ1v) is 7.38. The quantitative estimate of drug-likeness (QED) is 0.860. The molecule has 8 heteroatoms. The number of amides is 1. The number of carbonyl (C=O) groups is 2. The number of aromatic nitrogens is 4. The van der Waals surface area contributed by atoms with Crippen LogP contribution in [0.5, 0.6) is 0 Å². The average Bonchev–Trinajstić information content (AvgIpc) is 3.12. The van der Waals surface area contributed by atoms with E-state index in [0.717, 1.165) is 12.1 Å². The highest BCUT2D eigenvalue weighted by molar-refractivity contribution is 5.99. The number of carbonyl (C=O) groups excluding carboxylic acids is 1. The van der Waals surface area contributed by atoms with Gasteiger partial charge in [-0.2, -0.15) is 10.2 Å². The highest BCUT2D eigenvalue weighted by atomic mass is 16.4. The molecule has 0 saturated carbocycles. The van der Waals surface area contributed by atoms with Crippen molar-refractivity contribution in [3.05, 3.63) is 24.2 Å². The van der Waals surface area contributed by atoms with Crippen molar-refractivity contribution in [2.24, 2.45) is 13.0 Å². The maximum atomic E-state index is 12.6. The van der Waals surface area contributed by atoms with Crippen molar-refractivity contribution in [2.45, 2.75) is 20.4 Å². The summed E-state index contributed by atoms with van der Waals surface area (Å²) in [5.74, 6) is -1.82. The molecule has 23 heavy (non-hydrogen) atoms. The molecule has 0 aliphatic rings. The van der Waals surface area contributed by atoms with Gasteiger partial charge in [0.25, 0.3) is 5.91 Å². The van der Waals surface area contributed by atoms with Crippen molar-refractivity contribution in [1.82, 2.24) is 24.5 Å². The van der Waals surface area contributed by atoms with Gasteiger partial charge in [-0.25, -0.2) is 0 Å². The summed E-state index contributed by atoms with van der Waals surface area (Å²) in [7, 11) is 3.33. The Balaban J connectivity index is 2.29. The molecule has 0 aliphatic heterocycles. The summed E-state index contributed by atoms with van der Waals surface area (Å²) in [6.07, 6.45) is 5.14. The lowest BCUT2D eigenvalue weighted by molar-refractivity contribution is -0.141. The Kier molecular flexibility index (Phi) is 4.83. The number of nitrogens with zero attached hydrogens (tertiary/aromatic N) is 5. The van der Waals surface area contributed by atoms with E-state index in [1.54, 1.807) is 42.8 Å². The van der Waals surface area contributed by atoms with Gasteiger partial charge in [-0.1, -0.05) is 6.92 Å². The molecule has 2 rings (SSSR count). The van der Waals surface area contributed by atoms with Crippen LogP contribution in [0.4, 0.5) is 0 Å². The summed E-state index contributed by atoms with van der Waals surface area (Å²) in [5.41, 5.74) is 1.74. The smallest absolute Gasteiger partial charge is 0.308 e. The first-order valence-electron chi connectivity index (χ1n) is 7.38. The van der Waals surface area contributed by atoms with E-state index in [-0.39, 0.29) is 12.5 Å². The van der Waals surface area contributed by atoms with Crippen LogP contribution in [0.1, 0.15) is 24.2 Å². The predicted octanol–water partition coefficient (Wildman–Crippen LogP) is 1.10. The minimum absolute atomic E-state index is 0.136. The summed E-state index contributed by atoms with van der Waals surface area (Å²) in [6, 6.07) is 0. The molecule has 1 atom stereocenters. The van der Waals surface area contributed by atoms with Crippen molar-refractivity contribution in [2.75, 3.05) is 13.6 Å². The molecule has 2 aromatic rings. The zero-order chi connectivity index (χ0) is 17.1. The van der Waals surface area contributed by atoms with Crippen LogP contribution in [-0.2, 0) is 18.4 Å². The number of aliphatic carboxylic acids is 1. The Morgan fingerprint density at radius 2 is 2.09 bits per heavy atom. The maximum absolute atomic E-state index is 12.6. The van der Waals surface area contributed by atoms with Gasteiger partial charge in [-0.3, -0.25) is 19.0 Å². The average molecular weight is 319 g/mol. The van der Waals surface area contributed by atoms with Gasteiger partial charge in [-0.15, -0.1) is 0 Å². The molecule has 1 amide bonds. The highest BCUT2D eigenvalue weighted by Crippen LogP contribution is 2.22. The van der Waals surface area contributed by atoms with Crippen LogP contribution < -0.4 is 0 Å². The Hall–Kier alpha value is -2.64. The molecule has 0 spiro atoms. The van der Waals surface area contributed by atoms with Crippen molar-refractivity contribution in [3.8, 4) is 11.3 Å². The van der Waals surface area contributed by atoms with E-state index in [1.807, 2.05) is 13.1 Å². The van der Waals surface area contributed by atoms with Crippen molar-refractivity contribution < 1.29 is 14.7 Å². The van der Waals surface area contributed by atoms with E-state index < -0.39 is 11.9 Å². The van der Waals surface area contributed by atoms with Crippen molar-refractivity contribution >= 4 is 11.9 Å². The van der Waals surface area contributed by atoms with Crippen LogP contribution in [-0.4, -0.2) is 55.0 Å². The number of hydrogen-bond donors (Lipinski definition) is 1. The molecule has 0 aliphatic carbocycles. The Morgan fingerprint density at radius 3 is 2.65 bits per heavy atom. The van der Waals surface area contributed by atoms with E-state index >= 15 is 0 Å². The number of carboxylic acid groups (broad SMARTS) is 1. The van der Waals surface area contributed by atoms with E-state index in [9.17, 15) is 9.59 Å². The summed E-state index contributed by atoms with van der Waals surface area (Å²) < 4.78 is 3.33. The second kappa shape index (κ2) is 6.64. The molecule has 8 nitrogen and oxygen atoms in total. The van der Waals surface area contributed by atoms with Gasteiger partial charge < -0.3 is 10.0 Å².